The van der Waals surface area contributed by atoms with Gasteiger partial charge >= 0.3 is 0 Å². The van der Waals surface area contributed by atoms with E-state index in [0.29, 0.717) is 11.8 Å². The highest BCUT2D eigenvalue weighted by molar-refractivity contribution is 7.13. The van der Waals surface area contributed by atoms with Gasteiger partial charge in [-0.25, -0.2) is 0 Å². The normalized spacial score (nSPS) is 20.2. The molecule has 0 radical (unpaired) electrons. The van der Waals surface area contributed by atoms with Crippen LogP contribution >= 0.6 is 11.3 Å². The van der Waals surface area contributed by atoms with E-state index < -0.39 is 0 Å². The van der Waals surface area contributed by atoms with Gasteiger partial charge in [0, 0.05) is 16.7 Å². The third-order valence-electron chi connectivity index (χ3n) is 6.27. The van der Waals surface area contributed by atoms with Crippen molar-refractivity contribution in [3.05, 3.63) is 93.4 Å². The van der Waals surface area contributed by atoms with Gasteiger partial charge in [0.15, 0.2) is 0 Å². The molecule has 0 bridgehead atoms. The van der Waals surface area contributed by atoms with Crippen molar-refractivity contribution in [2.24, 2.45) is 0 Å². The summed E-state index contributed by atoms with van der Waals surface area (Å²) in [5.74, 6) is 1.14. The lowest BCUT2D eigenvalue weighted by Crippen LogP contribution is -2.03. The largest absolute Gasteiger partial charge is 0.144 e. The van der Waals surface area contributed by atoms with Crippen LogP contribution in [0.3, 0.4) is 0 Å². The zero-order valence-electron chi connectivity index (χ0n) is 15.9. The maximum atomic E-state index is 2.43. The Bertz CT molecular complexity index is 1050. The van der Waals surface area contributed by atoms with Crippen LogP contribution in [0.1, 0.15) is 60.8 Å². The van der Waals surface area contributed by atoms with Crippen molar-refractivity contribution in [3.8, 4) is 10.4 Å². The highest BCUT2D eigenvalue weighted by Crippen LogP contribution is 2.46. The first-order valence-corrected chi connectivity index (χ1v) is 10.7. The summed E-state index contributed by atoms with van der Waals surface area (Å²) < 4.78 is 0. The van der Waals surface area contributed by atoms with Crippen molar-refractivity contribution in [2.75, 3.05) is 0 Å². The minimum Gasteiger partial charge on any atom is -0.144 e. The fourth-order valence-corrected chi connectivity index (χ4v) is 5.68. The minimum absolute atomic E-state index is 0.556. The van der Waals surface area contributed by atoms with E-state index in [1.807, 2.05) is 11.3 Å². The van der Waals surface area contributed by atoms with Gasteiger partial charge in [-0.15, -0.1) is 11.3 Å². The van der Waals surface area contributed by atoms with Crippen molar-refractivity contribution < 1.29 is 0 Å². The fraction of sp³-hybridized carbons (Fsp3) is 0.231. The molecule has 0 saturated carbocycles. The second-order valence-electron chi connectivity index (χ2n) is 7.87. The molecule has 0 nitrogen and oxygen atoms in total. The zero-order chi connectivity index (χ0) is 18.4. The molecule has 0 amide bonds. The van der Waals surface area contributed by atoms with Gasteiger partial charge in [-0.2, -0.15) is 0 Å². The van der Waals surface area contributed by atoms with Gasteiger partial charge < -0.3 is 0 Å². The van der Waals surface area contributed by atoms with Crippen LogP contribution in [0.5, 0.6) is 0 Å². The Morgan fingerprint density at radius 3 is 2.30 bits per heavy atom. The topological polar surface area (TPSA) is 0 Å². The Kier molecular flexibility index (Phi) is 4.13. The molecule has 2 atom stereocenters. The van der Waals surface area contributed by atoms with Crippen LogP contribution in [-0.4, -0.2) is 0 Å². The van der Waals surface area contributed by atoms with Gasteiger partial charge in [-0.3, -0.25) is 0 Å². The molecule has 5 rings (SSSR count). The number of benzene rings is 2. The van der Waals surface area contributed by atoms with Crippen molar-refractivity contribution >= 4 is 23.5 Å². The summed E-state index contributed by atoms with van der Waals surface area (Å²) in [6, 6.07) is 20.1. The van der Waals surface area contributed by atoms with E-state index in [1.165, 1.54) is 56.7 Å². The zero-order valence-corrected chi connectivity index (χ0v) is 16.7. The average molecular weight is 369 g/mol. The Labute approximate surface area is 165 Å². The molecule has 2 aromatic carbocycles. The monoisotopic (exact) mass is 368 g/mol. The van der Waals surface area contributed by atoms with Crippen LogP contribution in [0.4, 0.5) is 0 Å². The van der Waals surface area contributed by atoms with Crippen molar-refractivity contribution in [2.45, 2.75) is 38.5 Å². The lowest BCUT2D eigenvalue weighted by atomic mass is 9.84. The molecule has 0 aliphatic heterocycles. The first kappa shape index (κ1) is 16.8. The van der Waals surface area contributed by atoms with Gasteiger partial charge in [0.2, 0.25) is 0 Å². The highest BCUT2D eigenvalue weighted by atomic mass is 32.1. The number of allylic oxidation sites excluding steroid dienone is 2. The van der Waals surface area contributed by atoms with Crippen LogP contribution < -0.4 is 0 Å². The van der Waals surface area contributed by atoms with Crippen LogP contribution in [0, 0.1) is 0 Å². The van der Waals surface area contributed by atoms with E-state index in [4.69, 9.17) is 0 Å². The number of hydrogen-bond donors (Lipinski definition) is 0. The summed E-state index contributed by atoms with van der Waals surface area (Å²) in [6.45, 7) is 4.61. The van der Waals surface area contributed by atoms with E-state index >= 15 is 0 Å². The maximum Gasteiger partial charge on any atom is 0.0348 e. The maximum absolute atomic E-state index is 2.43. The van der Waals surface area contributed by atoms with E-state index in [0.717, 1.165) is 0 Å². The van der Waals surface area contributed by atoms with Crippen LogP contribution in [-0.2, 0) is 0 Å². The summed E-state index contributed by atoms with van der Waals surface area (Å²) in [5.41, 5.74) is 10.3. The summed E-state index contributed by atoms with van der Waals surface area (Å²) >= 11 is 1.83. The van der Waals surface area contributed by atoms with Crippen molar-refractivity contribution in [3.63, 3.8) is 0 Å². The first-order valence-electron chi connectivity index (χ1n) is 9.84. The number of thiophene rings is 1. The quantitative estimate of drug-likeness (QED) is 0.439. The molecule has 0 spiro atoms. The molecule has 0 saturated heterocycles. The molecule has 134 valence electrons. The van der Waals surface area contributed by atoms with Gasteiger partial charge in [0.1, 0.15) is 0 Å². The van der Waals surface area contributed by atoms with Gasteiger partial charge in [-0.05, 0) is 66.0 Å². The second-order valence-corrected chi connectivity index (χ2v) is 8.82. The lowest BCUT2D eigenvalue weighted by Gasteiger charge is -2.20. The Balaban J connectivity index is 1.42. The molecule has 1 heteroatoms. The molecule has 2 aliphatic carbocycles. The Morgan fingerprint density at radius 2 is 1.48 bits per heavy atom. The van der Waals surface area contributed by atoms with E-state index in [2.05, 4.69) is 86.0 Å². The smallest absolute Gasteiger partial charge is 0.0348 e. The van der Waals surface area contributed by atoms with E-state index in [1.54, 1.807) is 0 Å². The van der Waals surface area contributed by atoms with Crippen LogP contribution in [0.25, 0.3) is 22.6 Å². The number of hydrogen-bond acceptors (Lipinski definition) is 1. The Hall–Kier alpha value is -2.38. The van der Waals surface area contributed by atoms with Crippen LogP contribution in [0.2, 0.25) is 0 Å². The summed E-state index contributed by atoms with van der Waals surface area (Å²) in [5, 5.41) is 2.17. The van der Waals surface area contributed by atoms with Gasteiger partial charge in [-0.1, -0.05) is 71.8 Å². The van der Waals surface area contributed by atoms with E-state index in [9.17, 15) is 0 Å². The van der Waals surface area contributed by atoms with Crippen LogP contribution in [0.15, 0.2) is 71.1 Å². The highest BCUT2D eigenvalue weighted by Gasteiger charge is 2.28. The SMILES string of the molecule is CC1=Cc2ccccc2C1CCC1C(C)=Cc2c(-c3cccs3)cccc21. The predicted molar refractivity (Wildman–Crippen MR) is 118 cm³/mol. The molecule has 3 aromatic rings. The minimum atomic E-state index is 0.556. The molecule has 2 unspecified atom stereocenters. The Morgan fingerprint density at radius 1 is 0.741 bits per heavy atom. The molecule has 27 heavy (non-hydrogen) atoms. The molecule has 1 heterocycles. The molecular weight excluding hydrogens is 344 g/mol. The molecule has 2 aliphatic rings. The molecule has 1 aromatic heterocycles. The summed E-state index contributed by atoms with van der Waals surface area (Å²) in [6.07, 6.45) is 7.24. The average Bonchev–Trinajstić information content (AvgIpc) is 3.37. The molecular formula is C26H24S. The van der Waals surface area contributed by atoms with Crippen molar-refractivity contribution in [1.82, 2.24) is 0 Å². The van der Waals surface area contributed by atoms with Gasteiger partial charge in [0.25, 0.3) is 0 Å². The molecule has 0 fully saturated rings. The third kappa shape index (κ3) is 2.82. The standard InChI is InChI=1S/C26H24S/c1-17-15-19-7-3-4-8-22(19)20(17)12-13-21-18(2)16-25-23(21)9-5-10-24(25)26-11-6-14-27-26/h3-11,14-16,20-21H,12-13H2,1-2H3. The fourth-order valence-electron chi connectivity index (χ4n) is 4.92. The van der Waals surface area contributed by atoms with E-state index in [-0.39, 0.29) is 0 Å². The van der Waals surface area contributed by atoms with Crippen molar-refractivity contribution in [1.29, 1.82) is 0 Å². The summed E-state index contributed by atoms with van der Waals surface area (Å²) in [7, 11) is 0. The molecule has 0 N–H and O–H groups in total. The summed E-state index contributed by atoms with van der Waals surface area (Å²) in [4.78, 5) is 1.38. The third-order valence-corrected chi connectivity index (χ3v) is 7.17. The van der Waals surface area contributed by atoms with Gasteiger partial charge in [0.05, 0.1) is 0 Å². The predicted octanol–water partition coefficient (Wildman–Crippen LogP) is 7.90. The lowest BCUT2D eigenvalue weighted by molar-refractivity contribution is 0.611. The number of fused-ring (bicyclic) bond motifs is 2. The first-order chi connectivity index (χ1) is 13.2. The number of rotatable bonds is 4. The second kappa shape index (κ2) is 6.65.